The number of hydrogen-bond donors (Lipinski definition) is 1. The van der Waals surface area contributed by atoms with Gasteiger partial charge in [-0.3, -0.25) is 0 Å². The minimum absolute atomic E-state index is 0.316. The summed E-state index contributed by atoms with van der Waals surface area (Å²) in [6.45, 7) is 3.01. The van der Waals surface area contributed by atoms with Gasteiger partial charge in [0.1, 0.15) is 0 Å². The maximum Gasteiger partial charge on any atom is 0.0665 e. The molecule has 1 aliphatic rings. The highest BCUT2D eigenvalue weighted by Crippen LogP contribution is 2.23. The van der Waals surface area contributed by atoms with Crippen LogP contribution in [0.25, 0.3) is 0 Å². The zero-order valence-corrected chi connectivity index (χ0v) is 12.3. The third-order valence-electron chi connectivity index (χ3n) is 4.07. The molecule has 0 radical (unpaired) electrons. The zero-order chi connectivity index (χ0) is 13.5. The Morgan fingerprint density at radius 1 is 1.21 bits per heavy atom. The van der Waals surface area contributed by atoms with Gasteiger partial charge in [-0.05, 0) is 37.4 Å². The Hall–Kier alpha value is -0.860. The maximum absolute atomic E-state index is 6.03. The number of aryl methyl sites for hydroxylation is 1. The Morgan fingerprint density at radius 2 is 1.89 bits per heavy atom. The Balaban J connectivity index is 1.88. The Morgan fingerprint density at radius 3 is 2.47 bits per heavy atom. The highest BCUT2D eigenvalue weighted by molar-refractivity contribution is 5.25. The highest BCUT2D eigenvalue weighted by atomic mass is 16.5. The van der Waals surface area contributed by atoms with Crippen molar-refractivity contribution in [2.45, 2.75) is 57.6 Å². The summed E-state index contributed by atoms with van der Waals surface area (Å²) in [5.41, 5.74) is 2.76. The predicted molar refractivity (Wildman–Crippen MR) is 80.4 cm³/mol. The van der Waals surface area contributed by atoms with E-state index in [9.17, 15) is 0 Å². The van der Waals surface area contributed by atoms with Crippen LogP contribution < -0.4 is 5.32 Å². The van der Waals surface area contributed by atoms with Gasteiger partial charge in [-0.1, -0.05) is 50.5 Å². The lowest BCUT2D eigenvalue weighted by atomic mass is 10.0. The van der Waals surface area contributed by atoms with Gasteiger partial charge in [0.05, 0.1) is 18.8 Å². The van der Waals surface area contributed by atoms with Crippen molar-refractivity contribution in [1.82, 2.24) is 5.32 Å². The van der Waals surface area contributed by atoms with Gasteiger partial charge in [-0.25, -0.2) is 0 Å². The van der Waals surface area contributed by atoms with Gasteiger partial charge in [0.25, 0.3) is 0 Å². The number of likely N-dealkylation sites (N-methyl/N-ethyl adjacent to an activating group) is 1. The molecular formula is C17H27NO. The van der Waals surface area contributed by atoms with E-state index in [1.807, 2.05) is 7.05 Å². The zero-order valence-electron chi connectivity index (χ0n) is 12.3. The van der Waals surface area contributed by atoms with E-state index in [-0.39, 0.29) is 0 Å². The number of ether oxygens (including phenoxy) is 1. The van der Waals surface area contributed by atoms with E-state index in [0.717, 1.165) is 6.61 Å². The maximum atomic E-state index is 6.03. The molecular weight excluding hydrogens is 234 g/mol. The van der Waals surface area contributed by atoms with Crippen molar-refractivity contribution in [2.24, 2.45) is 0 Å². The summed E-state index contributed by atoms with van der Waals surface area (Å²) in [7, 11) is 2.02. The van der Waals surface area contributed by atoms with Gasteiger partial charge < -0.3 is 10.1 Å². The second-order valence-electron chi connectivity index (χ2n) is 5.57. The molecule has 1 atom stereocenters. The molecule has 1 N–H and O–H groups in total. The summed E-state index contributed by atoms with van der Waals surface area (Å²) in [4.78, 5) is 0. The fraction of sp³-hybridized carbons (Fsp3) is 0.647. The molecule has 1 aromatic carbocycles. The molecule has 0 aliphatic heterocycles. The van der Waals surface area contributed by atoms with Crippen molar-refractivity contribution >= 4 is 0 Å². The lowest BCUT2D eigenvalue weighted by Crippen LogP contribution is -2.24. The van der Waals surface area contributed by atoms with Crippen LogP contribution in [0, 0.1) is 0 Å². The van der Waals surface area contributed by atoms with E-state index in [2.05, 4.69) is 36.5 Å². The van der Waals surface area contributed by atoms with Crippen LogP contribution in [0.15, 0.2) is 24.3 Å². The fourth-order valence-corrected chi connectivity index (χ4v) is 2.84. The van der Waals surface area contributed by atoms with Crippen molar-refractivity contribution in [3.63, 3.8) is 0 Å². The number of nitrogens with one attached hydrogen (secondary N) is 1. The molecule has 2 heteroatoms. The molecule has 106 valence electrons. The Kier molecular flexibility index (Phi) is 5.87. The number of rotatable bonds is 7. The van der Waals surface area contributed by atoms with Crippen LogP contribution in [0.4, 0.5) is 0 Å². The largest absolute Gasteiger partial charge is 0.376 e. The first-order valence-electron chi connectivity index (χ1n) is 7.71. The molecule has 1 aromatic rings. The summed E-state index contributed by atoms with van der Waals surface area (Å²) in [6, 6.07) is 9.29. The first-order valence-corrected chi connectivity index (χ1v) is 7.71. The van der Waals surface area contributed by atoms with Gasteiger partial charge in [0, 0.05) is 0 Å². The summed E-state index contributed by atoms with van der Waals surface area (Å²) in [5.74, 6) is 0. The fourth-order valence-electron chi connectivity index (χ4n) is 2.84. The van der Waals surface area contributed by atoms with E-state index >= 15 is 0 Å². The third kappa shape index (κ3) is 4.32. The van der Waals surface area contributed by atoms with Crippen molar-refractivity contribution in [3.05, 3.63) is 35.4 Å². The molecule has 0 spiro atoms. The van der Waals surface area contributed by atoms with E-state index < -0.39 is 0 Å². The minimum atomic E-state index is 0.316. The van der Waals surface area contributed by atoms with Crippen LogP contribution in [-0.2, 0) is 11.2 Å². The van der Waals surface area contributed by atoms with E-state index in [0.29, 0.717) is 12.1 Å². The van der Waals surface area contributed by atoms with Crippen LogP contribution in [0.1, 0.15) is 56.2 Å². The molecule has 19 heavy (non-hydrogen) atoms. The minimum Gasteiger partial charge on any atom is -0.376 e. The van der Waals surface area contributed by atoms with E-state index in [1.54, 1.807) is 0 Å². The second-order valence-corrected chi connectivity index (χ2v) is 5.57. The summed E-state index contributed by atoms with van der Waals surface area (Å²) >= 11 is 0. The van der Waals surface area contributed by atoms with Gasteiger partial charge in [-0.2, -0.15) is 0 Å². The highest BCUT2D eigenvalue weighted by Gasteiger charge is 2.17. The molecule has 0 aromatic heterocycles. The molecule has 2 nitrogen and oxygen atoms in total. The lowest BCUT2D eigenvalue weighted by Gasteiger charge is -2.20. The van der Waals surface area contributed by atoms with Crippen LogP contribution in [-0.4, -0.2) is 19.8 Å². The number of hydrogen-bond acceptors (Lipinski definition) is 2. The normalized spacial score (nSPS) is 17.8. The van der Waals surface area contributed by atoms with Gasteiger partial charge in [0.2, 0.25) is 0 Å². The molecule has 2 rings (SSSR count). The van der Waals surface area contributed by atoms with Gasteiger partial charge in [-0.15, -0.1) is 0 Å². The quantitative estimate of drug-likeness (QED) is 0.804. The monoisotopic (exact) mass is 261 g/mol. The molecule has 1 fully saturated rings. The predicted octanol–water partition coefficient (Wildman–Crippen LogP) is 3.86. The topological polar surface area (TPSA) is 21.3 Å². The molecule has 1 unspecified atom stereocenters. The molecule has 0 bridgehead atoms. The average molecular weight is 261 g/mol. The van der Waals surface area contributed by atoms with Gasteiger partial charge in [0.15, 0.2) is 0 Å². The van der Waals surface area contributed by atoms with Crippen LogP contribution in [0.5, 0.6) is 0 Å². The van der Waals surface area contributed by atoms with Crippen LogP contribution in [0.3, 0.4) is 0 Å². The average Bonchev–Trinajstić information content (AvgIpc) is 2.95. The molecule has 0 saturated heterocycles. The smallest absolute Gasteiger partial charge is 0.0665 e. The SMILES string of the molecule is CCCc1ccc(C(COC2CCCC2)NC)cc1. The van der Waals surface area contributed by atoms with Crippen LogP contribution >= 0.6 is 0 Å². The molecule has 1 aliphatic carbocycles. The molecule has 0 heterocycles. The summed E-state index contributed by atoms with van der Waals surface area (Å²) in [6.07, 6.45) is 8.02. The Bertz CT molecular complexity index is 354. The lowest BCUT2D eigenvalue weighted by molar-refractivity contribution is 0.0439. The van der Waals surface area contributed by atoms with E-state index in [4.69, 9.17) is 4.74 Å². The van der Waals surface area contributed by atoms with Crippen LogP contribution in [0.2, 0.25) is 0 Å². The first kappa shape index (κ1) is 14.5. The molecule has 1 saturated carbocycles. The second kappa shape index (κ2) is 7.66. The van der Waals surface area contributed by atoms with Gasteiger partial charge >= 0.3 is 0 Å². The Labute approximate surface area is 117 Å². The van der Waals surface area contributed by atoms with E-state index in [1.165, 1.54) is 49.7 Å². The summed E-state index contributed by atoms with van der Waals surface area (Å²) in [5, 5.41) is 3.37. The standard InChI is InChI=1S/C17H27NO/c1-3-6-14-9-11-15(12-10-14)17(18-2)13-19-16-7-4-5-8-16/h9-12,16-18H,3-8,13H2,1-2H3. The van der Waals surface area contributed by atoms with Crippen molar-refractivity contribution in [3.8, 4) is 0 Å². The van der Waals surface area contributed by atoms with Crippen molar-refractivity contribution in [2.75, 3.05) is 13.7 Å². The molecule has 0 amide bonds. The first-order chi connectivity index (χ1) is 9.33. The third-order valence-corrected chi connectivity index (χ3v) is 4.07. The number of benzene rings is 1. The summed E-state index contributed by atoms with van der Waals surface area (Å²) < 4.78 is 6.03. The van der Waals surface area contributed by atoms with Crippen molar-refractivity contribution < 1.29 is 4.74 Å². The van der Waals surface area contributed by atoms with Crippen molar-refractivity contribution in [1.29, 1.82) is 0 Å².